The van der Waals surface area contributed by atoms with Gasteiger partial charge in [-0.25, -0.2) is 0 Å². The third-order valence-electron chi connectivity index (χ3n) is 12.8. The zero-order valence-electron chi connectivity index (χ0n) is 26.2. The lowest BCUT2D eigenvalue weighted by Gasteiger charge is -2.63. The van der Waals surface area contributed by atoms with Gasteiger partial charge in [0.05, 0.1) is 25.6 Å². The highest BCUT2D eigenvalue weighted by Gasteiger charge is 2.77. The van der Waals surface area contributed by atoms with E-state index in [1.54, 1.807) is 12.1 Å². The Morgan fingerprint density at radius 3 is 2.58 bits per heavy atom. The number of hydrogen-bond acceptors (Lipinski definition) is 9. The lowest BCUT2D eigenvalue weighted by Crippen LogP contribution is -2.66. The summed E-state index contributed by atoms with van der Waals surface area (Å²) >= 11 is 0. The molecule has 0 amide bonds. The van der Waals surface area contributed by atoms with Crippen LogP contribution in [0.5, 0.6) is 5.75 Å². The first-order chi connectivity index (χ1) is 21.5. The third-order valence-corrected chi connectivity index (χ3v) is 12.8. The smallest absolute Gasteiger partial charge is 0.306 e. The number of carbonyl (C=O) groups is 2. The van der Waals surface area contributed by atoms with Crippen molar-refractivity contribution in [3.05, 3.63) is 41.5 Å². The van der Waals surface area contributed by atoms with Crippen LogP contribution >= 0.6 is 0 Å². The van der Waals surface area contributed by atoms with Crippen molar-refractivity contribution >= 4 is 11.9 Å². The van der Waals surface area contributed by atoms with Gasteiger partial charge in [0.25, 0.3) is 0 Å². The molecule has 4 aliphatic carbocycles. The van der Waals surface area contributed by atoms with Crippen LogP contribution in [0.15, 0.2) is 35.9 Å². The molecule has 0 radical (unpaired) electrons. The molecule has 0 bridgehead atoms. The van der Waals surface area contributed by atoms with Crippen LogP contribution in [0.3, 0.4) is 0 Å². The molecule has 6 aliphatic rings. The normalized spacial score (nSPS) is 42.6. The zero-order valence-corrected chi connectivity index (χ0v) is 26.2. The van der Waals surface area contributed by atoms with Crippen molar-refractivity contribution in [2.75, 3.05) is 26.8 Å². The van der Waals surface area contributed by atoms with Crippen molar-refractivity contribution in [2.24, 2.45) is 34.5 Å². The highest BCUT2D eigenvalue weighted by Crippen LogP contribution is 2.72. The summed E-state index contributed by atoms with van der Waals surface area (Å²) in [6, 6.07) is 6.31. The first kappa shape index (κ1) is 31.1. The van der Waals surface area contributed by atoms with Crippen molar-refractivity contribution in [3.8, 4) is 5.75 Å². The molecular formula is C35H46O10. The van der Waals surface area contributed by atoms with E-state index in [-0.39, 0.29) is 73.3 Å². The van der Waals surface area contributed by atoms with Crippen molar-refractivity contribution in [1.82, 2.24) is 0 Å². The molecule has 10 nitrogen and oxygen atoms in total. The molecule has 2 spiro atoms. The first-order valence-electron chi connectivity index (χ1n) is 16.6. The quantitative estimate of drug-likeness (QED) is 0.283. The minimum atomic E-state index is -0.997. The molecule has 2 aliphatic heterocycles. The van der Waals surface area contributed by atoms with E-state index in [1.165, 1.54) is 17.7 Å². The van der Waals surface area contributed by atoms with Gasteiger partial charge in [-0.2, -0.15) is 0 Å². The number of hydrogen-bond donors (Lipinski definition) is 3. The summed E-state index contributed by atoms with van der Waals surface area (Å²) in [5.41, 5.74) is 0.673. The molecule has 1 aromatic carbocycles. The van der Waals surface area contributed by atoms with Crippen molar-refractivity contribution < 1.29 is 48.6 Å². The van der Waals surface area contributed by atoms with Crippen LogP contribution in [0.1, 0.15) is 83.1 Å². The number of aliphatic hydroxyl groups excluding tert-OH is 1. The second-order valence-corrected chi connectivity index (χ2v) is 14.8. The number of esters is 1. The summed E-state index contributed by atoms with van der Waals surface area (Å²) in [6.07, 6.45) is 7.66. The highest BCUT2D eigenvalue weighted by atomic mass is 16.9. The largest absolute Gasteiger partial charge is 0.508 e. The Bertz CT molecular complexity index is 1330. The van der Waals surface area contributed by atoms with Gasteiger partial charge in [-0.15, -0.1) is 0 Å². The minimum Gasteiger partial charge on any atom is -0.508 e. The summed E-state index contributed by atoms with van der Waals surface area (Å²) in [4.78, 5) is 24.9. The number of carbonyl (C=O) groups excluding carboxylic acids is 1. The molecule has 2 saturated heterocycles. The zero-order chi connectivity index (χ0) is 31.6. The highest BCUT2D eigenvalue weighted by molar-refractivity contribution is 5.73. The van der Waals surface area contributed by atoms with Crippen LogP contribution in [0.4, 0.5) is 0 Å². The Balaban J connectivity index is 1.13. The average molecular weight is 627 g/mol. The summed E-state index contributed by atoms with van der Waals surface area (Å²) in [5, 5.41) is 31.2. The van der Waals surface area contributed by atoms with Crippen molar-refractivity contribution in [2.45, 2.75) is 95.0 Å². The summed E-state index contributed by atoms with van der Waals surface area (Å²) in [6.45, 7) is 5.40. The number of rotatable bonds is 7. The fourth-order valence-corrected chi connectivity index (χ4v) is 11.0. The van der Waals surface area contributed by atoms with Gasteiger partial charge in [0.2, 0.25) is 5.79 Å². The standard InChI is InChI=1S/C35H46O10/c1-32-11-4-3-5-26(32)23(17-42-30(40)15-22(14-29(38)39)21-6-8-24(36)9-7-21)13-25-27-10-12-34(33(27,2)16-28(37)31(25)32)35(45-20-43-34)18-41-19-44-35/h5-9,22-23,25,27-28,31,36-37H,3-4,10-20H2,1-2H3,(H,38,39)/t22?,23-,25+,27+,28+,31-,32+,33+,34-,35?/m1/s1. The molecule has 1 aromatic rings. The maximum absolute atomic E-state index is 13.3. The molecule has 45 heavy (non-hydrogen) atoms. The van der Waals surface area contributed by atoms with Crippen molar-refractivity contribution in [1.29, 1.82) is 0 Å². The van der Waals surface area contributed by atoms with E-state index < -0.39 is 35.3 Å². The van der Waals surface area contributed by atoms with Crippen LogP contribution < -0.4 is 0 Å². The summed E-state index contributed by atoms with van der Waals surface area (Å²) < 4.78 is 30.5. The third kappa shape index (κ3) is 4.77. The summed E-state index contributed by atoms with van der Waals surface area (Å²) in [7, 11) is 0. The fraction of sp³-hybridized carbons (Fsp3) is 0.714. The average Bonchev–Trinajstić information content (AvgIpc) is 3.70. The summed E-state index contributed by atoms with van der Waals surface area (Å²) in [5.74, 6) is -2.30. The van der Waals surface area contributed by atoms with E-state index in [1.807, 2.05) is 0 Å². The maximum atomic E-state index is 13.3. The van der Waals surface area contributed by atoms with Gasteiger partial charge >= 0.3 is 11.9 Å². The van der Waals surface area contributed by atoms with Crippen LogP contribution in [-0.2, 0) is 33.3 Å². The molecule has 2 heterocycles. The lowest BCUT2D eigenvalue weighted by molar-refractivity contribution is -0.258. The van der Waals surface area contributed by atoms with E-state index in [4.69, 9.17) is 23.7 Å². The number of aromatic hydroxyl groups is 1. The second kappa shape index (κ2) is 11.3. The number of aliphatic carboxylic acids is 1. The number of aliphatic hydroxyl groups is 1. The van der Waals surface area contributed by atoms with Gasteiger partial charge < -0.3 is 39.0 Å². The van der Waals surface area contributed by atoms with Crippen LogP contribution in [0, 0.1) is 34.5 Å². The van der Waals surface area contributed by atoms with E-state index in [2.05, 4.69) is 19.9 Å². The predicted molar refractivity (Wildman–Crippen MR) is 160 cm³/mol. The number of benzene rings is 1. The van der Waals surface area contributed by atoms with Crippen molar-refractivity contribution in [3.63, 3.8) is 0 Å². The predicted octanol–water partition coefficient (Wildman–Crippen LogP) is 4.88. The van der Waals surface area contributed by atoms with Gasteiger partial charge in [0, 0.05) is 17.3 Å². The van der Waals surface area contributed by atoms with Gasteiger partial charge in [0.1, 0.15) is 18.0 Å². The van der Waals surface area contributed by atoms with Gasteiger partial charge in [-0.3, -0.25) is 9.59 Å². The minimum absolute atomic E-state index is 0.0129. The molecule has 2 unspecified atom stereocenters. The van der Waals surface area contributed by atoms with Crippen LogP contribution in [0.2, 0.25) is 0 Å². The second-order valence-electron chi connectivity index (χ2n) is 14.8. The van der Waals surface area contributed by atoms with Gasteiger partial charge in [-0.05, 0) is 85.8 Å². The van der Waals surface area contributed by atoms with Crippen LogP contribution in [0.25, 0.3) is 0 Å². The SMILES string of the molecule is C[C@]12CCCC=C1[C@@H](COC(=O)CC(CC(=O)O)c1ccc(O)cc1)C[C@@H]1[C@@H]2[C@@H](O)C[C@@]2(C)[C@H]1CC[C@@]21OCOC12COCO2. The van der Waals surface area contributed by atoms with Crippen LogP contribution in [-0.4, -0.2) is 71.5 Å². The number of carboxylic acids is 1. The molecule has 5 fully saturated rings. The van der Waals surface area contributed by atoms with E-state index in [0.29, 0.717) is 18.6 Å². The number of carboxylic acid groups (broad SMARTS) is 1. The number of fused-ring (bicyclic) bond motifs is 7. The Kier molecular flexibility index (Phi) is 7.84. The molecule has 0 aromatic heterocycles. The molecular weight excluding hydrogens is 580 g/mol. The molecule has 10 heteroatoms. The molecule has 10 atom stereocenters. The lowest BCUT2D eigenvalue weighted by atomic mass is 9.43. The first-order valence-corrected chi connectivity index (χ1v) is 16.6. The number of allylic oxidation sites excluding steroid dienone is 1. The number of phenols is 1. The molecule has 3 saturated carbocycles. The van der Waals surface area contributed by atoms with Gasteiger partial charge in [-0.1, -0.05) is 37.6 Å². The topological polar surface area (TPSA) is 141 Å². The monoisotopic (exact) mass is 626 g/mol. The number of phenolic OH excluding ortho intramolecular Hbond substituents is 1. The maximum Gasteiger partial charge on any atom is 0.306 e. The Labute approximate surface area is 264 Å². The molecule has 246 valence electrons. The molecule has 7 rings (SSSR count). The number of ether oxygens (including phenoxy) is 5. The fourth-order valence-electron chi connectivity index (χ4n) is 11.0. The van der Waals surface area contributed by atoms with E-state index in [9.17, 15) is 24.9 Å². The Morgan fingerprint density at radius 2 is 1.84 bits per heavy atom. The molecule has 3 N–H and O–H groups in total. The van der Waals surface area contributed by atoms with Gasteiger partial charge in [0.15, 0.2) is 13.6 Å². The van der Waals surface area contributed by atoms with E-state index >= 15 is 0 Å². The Hall–Kier alpha value is -2.50. The van der Waals surface area contributed by atoms with E-state index in [0.717, 1.165) is 38.5 Å². The Morgan fingerprint density at radius 1 is 1.07 bits per heavy atom.